The molecule has 2 rings (SSSR count). The summed E-state index contributed by atoms with van der Waals surface area (Å²) in [6, 6.07) is 4.47. The van der Waals surface area contributed by atoms with E-state index in [9.17, 15) is 0 Å². The van der Waals surface area contributed by atoms with Gasteiger partial charge in [-0.05, 0) is 24.5 Å². The molecule has 1 aliphatic rings. The highest BCUT2D eigenvalue weighted by Crippen LogP contribution is 2.31. The summed E-state index contributed by atoms with van der Waals surface area (Å²) in [6.45, 7) is 6.66. The lowest BCUT2D eigenvalue weighted by Gasteiger charge is -2.26. The largest absolute Gasteiger partial charge is 0.468 e. The smallest absolute Gasteiger partial charge is 0.122 e. The number of nitrogens with zero attached hydrogens (tertiary/aromatic N) is 1. The van der Waals surface area contributed by atoms with Gasteiger partial charge in [0.1, 0.15) is 5.76 Å². The molecular weight excluding hydrogens is 188 g/mol. The summed E-state index contributed by atoms with van der Waals surface area (Å²) in [5.41, 5.74) is 6.13. The van der Waals surface area contributed by atoms with Crippen molar-refractivity contribution >= 4 is 0 Å². The number of furan rings is 1. The maximum atomic E-state index is 6.13. The second kappa shape index (κ2) is 4.37. The molecule has 1 aromatic rings. The molecule has 0 amide bonds. The van der Waals surface area contributed by atoms with E-state index in [-0.39, 0.29) is 12.1 Å². The number of nitrogens with two attached hydrogens (primary N) is 1. The van der Waals surface area contributed by atoms with E-state index < -0.39 is 0 Å². The lowest BCUT2D eigenvalue weighted by molar-refractivity contribution is 0.197. The molecule has 0 radical (unpaired) electrons. The molecular formula is C12H20N2O. The first-order chi connectivity index (χ1) is 7.18. The van der Waals surface area contributed by atoms with Crippen molar-refractivity contribution < 1.29 is 4.42 Å². The van der Waals surface area contributed by atoms with Crippen molar-refractivity contribution in [1.82, 2.24) is 4.90 Å². The number of hydrogen-bond acceptors (Lipinski definition) is 3. The summed E-state index contributed by atoms with van der Waals surface area (Å²) in [4.78, 5) is 2.44. The van der Waals surface area contributed by atoms with Gasteiger partial charge in [-0.25, -0.2) is 0 Å². The van der Waals surface area contributed by atoms with E-state index in [1.165, 1.54) is 0 Å². The van der Waals surface area contributed by atoms with E-state index in [0.29, 0.717) is 5.92 Å². The molecule has 1 aromatic heterocycles. The molecule has 0 aromatic carbocycles. The Bertz CT molecular complexity index is 295. The van der Waals surface area contributed by atoms with Crippen molar-refractivity contribution in [3.05, 3.63) is 24.2 Å². The minimum Gasteiger partial charge on any atom is -0.468 e. The molecule has 2 atom stereocenters. The molecule has 15 heavy (non-hydrogen) atoms. The lowest BCUT2D eigenvalue weighted by atomic mass is 10.1. The fourth-order valence-electron chi connectivity index (χ4n) is 2.41. The highest BCUT2D eigenvalue weighted by Gasteiger charge is 2.34. The van der Waals surface area contributed by atoms with Crippen molar-refractivity contribution in [3.8, 4) is 0 Å². The number of likely N-dealkylation sites (tertiary alicyclic amines) is 1. The molecule has 0 aliphatic carbocycles. The third-order valence-electron chi connectivity index (χ3n) is 2.98. The zero-order chi connectivity index (χ0) is 10.8. The van der Waals surface area contributed by atoms with E-state index in [0.717, 1.165) is 25.3 Å². The Morgan fingerprint density at radius 2 is 2.40 bits per heavy atom. The van der Waals surface area contributed by atoms with E-state index in [1.807, 2.05) is 12.1 Å². The predicted molar refractivity (Wildman–Crippen MR) is 60.5 cm³/mol. The van der Waals surface area contributed by atoms with Gasteiger partial charge in [0.25, 0.3) is 0 Å². The number of hydrogen-bond donors (Lipinski definition) is 1. The third kappa shape index (κ3) is 2.24. The van der Waals surface area contributed by atoms with Crippen molar-refractivity contribution in [2.75, 3.05) is 13.1 Å². The van der Waals surface area contributed by atoms with Crippen LogP contribution in [0.2, 0.25) is 0 Å². The highest BCUT2D eigenvalue weighted by atomic mass is 16.3. The molecule has 3 heteroatoms. The van der Waals surface area contributed by atoms with Gasteiger partial charge in [-0.15, -0.1) is 0 Å². The Hall–Kier alpha value is -0.800. The normalized spacial score (nSPS) is 27.7. The van der Waals surface area contributed by atoms with Gasteiger partial charge in [0, 0.05) is 19.1 Å². The molecule has 0 saturated carbocycles. The van der Waals surface area contributed by atoms with Crippen molar-refractivity contribution in [2.45, 2.75) is 32.4 Å². The molecule has 2 unspecified atom stereocenters. The van der Waals surface area contributed by atoms with Crippen LogP contribution >= 0.6 is 0 Å². The first-order valence-corrected chi connectivity index (χ1v) is 5.71. The summed E-state index contributed by atoms with van der Waals surface area (Å²) in [5.74, 6) is 1.69. The van der Waals surface area contributed by atoms with Crippen LogP contribution in [0.15, 0.2) is 22.8 Å². The van der Waals surface area contributed by atoms with Crippen LogP contribution in [0.4, 0.5) is 0 Å². The average molecular weight is 208 g/mol. The van der Waals surface area contributed by atoms with Crippen LogP contribution in [0.3, 0.4) is 0 Å². The minimum absolute atomic E-state index is 0.217. The lowest BCUT2D eigenvalue weighted by Crippen LogP contribution is -2.33. The van der Waals surface area contributed by atoms with Crippen molar-refractivity contribution in [3.63, 3.8) is 0 Å². The summed E-state index contributed by atoms with van der Waals surface area (Å²) >= 11 is 0. The van der Waals surface area contributed by atoms with Crippen LogP contribution in [0, 0.1) is 5.92 Å². The molecule has 2 heterocycles. The zero-order valence-corrected chi connectivity index (χ0v) is 9.52. The van der Waals surface area contributed by atoms with Crippen LogP contribution < -0.4 is 5.73 Å². The third-order valence-corrected chi connectivity index (χ3v) is 2.98. The van der Waals surface area contributed by atoms with Crippen LogP contribution in [0.5, 0.6) is 0 Å². The monoisotopic (exact) mass is 208 g/mol. The Balaban J connectivity index is 2.12. The second-order valence-electron chi connectivity index (χ2n) is 4.80. The molecule has 3 nitrogen and oxygen atoms in total. The van der Waals surface area contributed by atoms with Gasteiger partial charge in [-0.3, -0.25) is 4.90 Å². The van der Waals surface area contributed by atoms with Gasteiger partial charge in [-0.2, -0.15) is 0 Å². The van der Waals surface area contributed by atoms with Gasteiger partial charge in [-0.1, -0.05) is 13.8 Å². The summed E-state index contributed by atoms with van der Waals surface area (Å²) in [7, 11) is 0. The Morgan fingerprint density at radius 1 is 1.60 bits per heavy atom. The van der Waals surface area contributed by atoms with Crippen molar-refractivity contribution in [1.29, 1.82) is 0 Å². The summed E-state index contributed by atoms with van der Waals surface area (Å²) in [5, 5.41) is 0. The fourth-order valence-corrected chi connectivity index (χ4v) is 2.41. The first kappa shape index (κ1) is 10.7. The maximum Gasteiger partial charge on any atom is 0.122 e. The van der Waals surface area contributed by atoms with Crippen LogP contribution in [-0.2, 0) is 0 Å². The van der Waals surface area contributed by atoms with Crippen molar-refractivity contribution in [2.24, 2.45) is 11.7 Å². The first-order valence-electron chi connectivity index (χ1n) is 5.71. The summed E-state index contributed by atoms with van der Waals surface area (Å²) < 4.78 is 5.48. The topological polar surface area (TPSA) is 42.4 Å². The maximum absolute atomic E-state index is 6.13. The predicted octanol–water partition coefficient (Wildman–Crippen LogP) is 2.01. The van der Waals surface area contributed by atoms with Crippen LogP contribution in [-0.4, -0.2) is 24.0 Å². The molecule has 1 aliphatic heterocycles. The van der Waals surface area contributed by atoms with Gasteiger partial charge >= 0.3 is 0 Å². The Labute approximate surface area is 91.2 Å². The standard InChI is InChI=1S/C12H20N2O/c1-9(2)8-14-6-5-10(13)12(14)11-4-3-7-15-11/h3-4,7,9-10,12H,5-6,8,13H2,1-2H3. The molecule has 1 fully saturated rings. The molecule has 0 spiro atoms. The van der Waals surface area contributed by atoms with E-state index in [4.69, 9.17) is 10.2 Å². The highest BCUT2D eigenvalue weighted by molar-refractivity contribution is 5.10. The SMILES string of the molecule is CC(C)CN1CCC(N)C1c1ccco1. The summed E-state index contributed by atoms with van der Waals surface area (Å²) in [6.07, 6.45) is 2.80. The van der Waals surface area contributed by atoms with Gasteiger partial charge < -0.3 is 10.2 Å². The molecule has 1 saturated heterocycles. The van der Waals surface area contributed by atoms with Gasteiger partial charge in [0.05, 0.1) is 12.3 Å². The molecule has 2 N–H and O–H groups in total. The average Bonchev–Trinajstić information content (AvgIpc) is 2.74. The van der Waals surface area contributed by atoms with Gasteiger partial charge in [0.2, 0.25) is 0 Å². The zero-order valence-electron chi connectivity index (χ0n) is 9.52. The second-order valence-corrected chi connectivity index (χ2v) is 4.80. The quantitative estimate of drug-likeness (QED) is 0.826. The Morgan fingerprint density at radius 3 is 3.00 bits per heavy atom. The fraction of sp³-hybridized carbons (Fsp3) is 0.667. The van der Waals surface area contributed by atoms with Crippen LogP contribution in [0.1, 0.15) is 32.1 Å². The Kier molecular flexibility index (Phi) is 3.12. The van der Waals surface area contributed by atoms with E-state index in [2.05, 4.69) is 18.7 Å². The molecule has 0 bridgehead atoms. The van der Waals surface area contributed by atoms with E-state index in [1.54, 1.807) is 6.26 Å². The minimum atomic E-state index is 0.217. The van der Waals surface area contributed by atoms with E-state index >= 15 is 0 Å². The van der Waals surface area contributed by atoms with Gasteiger partial charge in [0.15, 0.2) is 0 Å². The molecule has 84 valence electrons. The van der Waals surface area contributed by atoms with Crippen LogP contribution in [0.25, 0.3) is 0 Å². The number of rotatable bonds is 3.